The van der Waals surface area contributed by atoms with E-state index in [2.05, 4.69) is 5.92 Å². The number of ketones is 1. The molecule has 0 heterocycles. The standard InChI is InChI=1S/C8H9NO/c1-4-5-8(3,6-9)7(2)10/h1H,5H2,2-3H3. The summed E-state index contributed by atoms with van der Waals surface area (Å²) in [6.45, 7) is 2.93. The van der Waals surface area contributed by atoms with Gasteiger partial charge in [0.2, 0.25) is 0 Å². The van der Waals surface area contributed by atoms with E-state index in [1.54, 1.807) is 6.92 Å². The van der Waals surface area contributed by atoms with E-state index >= 15 is 0 Å². The van der Waals surface area contributed by atoms with Crippen LogP contribution < -0.4 is 0 Å². The minimum Gasteiger partial charge on any atom is -0.298 e. The second-order valence-corrected chi connectivity index (χ2v) is 2.38. The molecule has 0 radical (unpaired) electrons. The lowest BCUT2D eigenvalue weighted by Crippen LogP contribution is -2.22. The summed E-state index contributed by atoms with van der Waals surface area (Å²) < 4.78 is 0. The van der Waals surface area contributed by atoms with Gasteiger partial charge < -0.3 is 0 Å². The fraction of sp³-hybridized carbons (Fsp3) is 0.500. The van der Waals surface area contributed by atoms with Crippen LogP contribution >= 0.6 is 0 Å². The normalized spacial score (nSPS) is 14.4. The number of carbonyl (C=O) groups excluding carboxylic acids is 1. The highest BCUT2D eigenvalue weighted by Gasteiger charge is 2.28. The molecule has 0 aliphatic rings. The van der Waals surface area contributed by atoms with Gasteiger partial charge >= 0.3 is 0 Å². The molecule has 0 aromatic heterocycles. The monoisotopic (exact) mass is 135 g/mol. The average Bonchev–Trinajstić information content (AvgIpc) is 1.88. The molecule has 10 heavy (non-hydrogen) atoms. The van der Waals surface area contributed by atoms with Gasteiger partial charge in [0.05, 0.1) is 6.07 Å². The Labute approximate surface area is 60.8 Å². The number of hydrogen-bond donors (Lipinski definition) is 0. The van der Waals surface area contributed by atoms with E-state index in [0.29, 0.717) is 0 Å². The maximum absolute atomic E-state index is 10.8. The lowest BCUT2D eigenvalue weighted by molar-refractivity contribution is -0.122. The Morgan fingerprint density at radius 3 is 2.40 bits per heavy atom. The van der Waals surface area contributed by atoms with Crippen molar-refractivity contribution in [2.24, 2.45) is 5.41 Å². The summed E-state index contributed by atoms with van der Waals surface area (Å²) in [7, 11) is 0. The Hall–Kier alpha value is -1.28. The van der Waals surface area contributed by atoms with Gasteiger partial charge in [0.25, 0.3) is 0 Å². The van der Waals surface area contributed by atoms with E-state index in [0.717, 1.165) is 0 Å². The third-order valence-electron chi connectivity index (χ3n) is 1.48. The molecule has 0 aliphatic carbocycles. The molecule has 0 amide bonds. The van der Waals surface area contributed by atoms with Crippen LogP contribution in [0, 0.1) is 29.1 Å². The van der Waals surface area contributed by atoms with Crippen LogP contribution in [-0.4, -0.2) is 5.78 Å². The molecule has 0 rings (SSSR count). The Kier molecular flexibility index (Phi) is 2.65. The fourth-order valence-corrected chi connectivity index (χ4v) is 0.447. The summed E-state index contributed by atoms with van der Waals surface area (Å²) >= 11 is 0. The van der Waals surface area contributed by atoms with Gasteiger partial charge in [-0.05, 0) is 13.8 Å². The Morgan fingerprint density at radius 1 is 1.80 bits per heavy atom. The molecule has 0 bridgehead atoms. The molecule has 0 saturated carbocycles. The Morgan fingerprint density at radius 2 is 2.30 bits per heavy atom. The molecule has 0 N–H and O–H groups in total. The van der Waals surface area contributed by atoms with Crippen molar-refractivity contribution in [1.29, 1.82) is 5.26 Å². The number of carbonyl (C=O) groups is 1. The van der Waals surface area contributed by atoms with Crippen LogP contribution in [0.2, 0.25) is 0 Å². The van der Waals surface area contributed by atoms with Crippen molar-refractivity contribution in [3.05, 3.63) is 0 Å². The maximum Gasteiger partial charge on any atom is 0.150 e. The number of rotatable bonds is 2. The topological polar surface area (TPSA) is 40.9 Å². The molecule has 0 saturated heterocycles. The zero-order valence-electron chi connectivity index (χ0n) is 6.14. The van der Waals surface area contributed by atoms with Crippen LogP contribution in [0.25, 0.3) is 0 Å². The van der Waals surface area contributed by atoms with E-state index in [1.807, 2.05) is 6.07 Å². The fourth-order valence-electron chi connectivity index (χ4n) is 0.447. The first-order chi connectivity index (χ1) is 4.56. The molecular formula is C8H9NO. The zero-order valence-corrected chi connectivity index (χ0v) is 6.14. The third-order valence-corrected chi connectivity index (χ3v) is 1.48. The smallest absolute Gasteiger partial charge is 0.150 e. The molecule has 2 nitrogen and oxygen atoms in total. The predicted octanol–water partition coefficient (Wildman–Crippen LogP) is 1.13. The average molecular weight is 135 g/mol. The number of nitrogens with zero attached hydrogens (tertiary/aromatic N) is 1. The first kappa shape index (κ1) is 8.72. The van der Waals surface area contributed by atoms with Gasteiger partial charge in [-0.2, -0.15) is 5.26 Å². The van der Waals surface area contributed by atoms with Crippen molar-refractivity contribution >= 4 is 5.78 Å². The predicted molar refractivity (Wildman–Crippen MR) is 37.9 cm³/mol. The van der Waals surface area contributed by atoms with Gasteiger partial charge in [0.15, 0.2) is 5.78 Å². The van der Waals surface area contributed by atoms with Crippen LogP contribution in [0.4, 0.5) is 0 Å². The number of Topliss-reactive ketones (excluding diaryl/α,β-unsaturated/α-hetero) is 1. The molecule has 1 atom stereocenters. The second-order valence-electron chi connectivity index (χ2n) is 2.38. The molecule has 52 valence electrons. The summed E-state index contributed by atoms with van der Waals surface area (Å²) in [5.74, 6) is 2.12. The van der Waals surface area contributed by atoms with E-state index in [-0.39, 0.29) is 12.2 Å². The number of terminal acetylenes is 1. The summed E-state index contributed by atoms with van der Waals surface area (Å²) in [6.07, 6.45) is 5.17. The quantitative estimate of drug-likeness (QED) is 0.532. The lowest BCUT2D eigenvalue weighted by atomic mass is 9.85. The van der Waals surface area contributed by atoms with Crippen LogP contribution in [0.5, 0.6) is 0 Å². The first-order valence-corrected chi connectivity index (χ1v) is 2.92. The molecule has 0 fully saturated rings. The molecule has 0 aromatic rings. The van der Waals surface area contributed by atoms with Crippen molar-refractivity contribution in [2.75, 3.05) is 0 Å². The van der Waals surface area contributed by atoms with Crippen molar-refractivity contribution in [3.63, 3.8) is 0 Å². The highest BCUT2D eigenvalue weighted by atomic mass is 16.1. The molecule has 0 spiro atoms. The zero-order chi connectivity index (χ0) is 8.20. The van der Waals surface area contributed by atoms with E-state index in [4.69, 9.17) is 11.7 Å². The van der Waals surface area contributed by atoms with Gasteiger partial charge in [0.1, 0.15) is 5.41 Å². The van der Waals surface area contributed by atoms with Crippen molar-refractivity contribution < 1.29 is 4.79 Å². The third kappa shape index (κ3) is 1.60. The molecule has 1 unspecified atom stereocenters. The van der Waals surface area contributed by atoms with Gasteiger partial charge in [-0.1, -0.05) is 0 Å². The summed E-state index contributed by atoms with van der Waals surface area (Å²) in [5, 5.41) is 8.52. The first-order valence-electron chi connectivity index (χ1n) is 2.92. The maximum atomic E-state index is 10.8. The number of hydrogen-bond acceptors (Lipinski definition) is 2. The van der Waals surface area contributed by atoms with Crippen molar-refractivity contribution in [1.82, 2.24) is 0 Å². The van der Waals surface area contributed by atoms with Gasteiger partial charge in [0, 0.05) is 6.42 Å². The highest BCUT2D eigenvalue weighted by Crippen LogP contribution is 2.19. The molecule has 0 aromatic carbocycles. The van der Waals surface area contributed by atoms with Crippen LogP contribution in [-0.2, 0) is 4.79 Å². The summed E-state index contributed by atoms with van der Waals surface area (Å²) in [6, 6.07) is 1.89. The van der Waals surface area contributed by atoms with Crippen molar-refractivity contribution in [3.8, 4) is 18.4 Å². The van der Waals surface area contributed by atoms with E-state index in [9.17, 15) is 4.79 Å². The molecule has 0 aliphatic heterocycles. The van der Waals surface area contributed by atoms with Gasteiger partial charge in [-0.25, -0.2) is 0 Å². The van der Waals surface area contributed by atoms with Gasteiger partial charge in [-0.3, -0.25) is 4.79 Å². The summed E-state index contributed by atoms with van der Waals surface area (Å²) in [5.41, 5.74) is -0.977. The highest BCUT2D eigenvalue weighted by molar-refractivity contribution is 5.85. The van der Waals surface area contributed by atoms with E-state index < -0.39 is 5.41 Å². The van der Waals surface area contributed by atoms with Crippen LogP contribution in [0.1, 0.15) is 20.3 Å². The van der Waals surface area contributed by atoms with Gasteiger partial charge in [-0.15, -0.1) is 12.3 Å². The Balaban J connectivity index is 4.47. The lowest BCUT2D eigenvalue weighted by Gasteiger charge is -2.12. The van der Waals surface area contributed by atoms with Crippen LogP contribution in [0.15, 0.2) is 0 Å². The second kappa shape index (κ2) is 3.03. The molecular weight excluding hydrogens is 126 g/mol. The van der Waals surface area contributed by atoms with Crippen molar-refractivity contribution in [2.45, 2.75) is 20.3 Å². The number of nitriles is 1. The Bertz CT molecular complexity index is 218. The van der Waals surface area contributed by atoms with E-state index in [1.165, 1.54) is 6.92 Å². The minimum atomic E-state index is -0.977. The summed E-state index contributed by atoms with van der Waals surface area (Å²) in [4.78, 5) is 10.8. The largest absolute Gasteiger partial charge is 0.298 e. The SMILES string of the molecule is C#CCC(C)(C#N)C(C)=O. The molecule has 2 heteroatoms. The van der Waals surface area contributed by atoms with Crippen LogP contribution in [0.3, 0.4) is 0 Å². The minimum absolute atomic E-state index is 0.173.